The Hall–Kier alpha value is -3.86. The molecule has 0 heterocycles. The van der Waals surface area contributed by atoms with Gasteiger partial charge in [0, 0.05) is 17.9 Å². The van der Waals surface area contributed by atoms with Crippen molar-refractivity contribution in [2.75, 3.05) is 6.61 Å². The molecule has 35 heavy (non-hydrogen) atoms. The minimum Gasteiger partial charge on any atom is -0.481 e. The first-order chi connectivity index (χ1) is 16.7. The second kappa shape index (κ2) is 11.5. The van der Waals surface area contributed by atoms with Gasteiger partial charge >= 0.3 is 12.1 Å². The van der Waals surface area contributed by atoms with Crippen LogP contribution in [0.3, 0.4) is 0 Å². The average Bonchev–Trinajstić information content (AvgIpc) is 3.12. The van der Waals surface area contributed by atoms with Crippen LogP contribution in [-0.4, -0.2) is 41.3 Å². The largest absolute Gasteiger partial charge is 0.481 e. The van der Waals surface area contributed by atoms with E-state index < -0.39 is 29.6 Å². The average molecular weight is 478 g/mol. The number of carbonyl (C=O) groups is 3. The molecular weight excluding hydrogens is 446 g/mol. The number of carboxylic acid groups (broad SMARTS) is 1. The smallest absolute Gasteiger partial charge is 0.407 e. The van der Waals surface area contributed by atoms with Crippen molar-refractivity contribution < 1.29 is 24.2 Å². The van der Waals surface area contributed by atoms with Crippen molar-refractivity contribution in [3.63, 3.8) is 0 Å². The molecule has 2 aromatic rings. The molecule has 2 aromatic carbocycles. The summed E-state index contributed by atoms with van der Waals surface area (Å²) in [6.07, 6.45) is 0.818. The molecular formula is C27H31N3O5. The third-order valence-electron chi connectivity index (χ3n) is 6.04. The van der Waals surface area contributed by atoms with Gasteiger partial charge in [-0.05, 0) is 55.4 Å². The Morgan fingerprint density at radius 3 is 2.23 bits per heavy atom. The normalized spacial score (nSPS) is 13.2. The van der Waals surface area contributed by atoms with Gasteiger partial charge in [-0.25, -0.2) is 4.79 Å². The zero-order chi connectivity index (χ0) is 25.4. The number of aliphatic carboxylic acids is 1. The number of fused-ring (bicyclic) bond motifs is 3. The third-order valence-corrected chi connectivity index (χ3v) is 6.04. The minimum atomic E-state index is -1.04. The number of amides is 2. The molecule has 1 aliphatic rings. The molecule has 2 amide bonds. The van der Waals surface area contributed by atoms with Gasteiger partial charge in [-0.3, -0.25) is 9.59 Å². The van der Waals surface area contributed by atoms with Crippen LogP contribution in [0.25, 0.3) is 11.1 Å². The van der Waals surface area contributed by atoms with E-state index in [1.807, 2.05) is 36.4 Å². The van der Waals surface area contributed by atoms with Gasteiger partial charge in [-0.2, -0.15) is 5.26 Å². The first-order valence-electron chi connectivity index (χ1n) is 11.7. The molecule has 0 aliphatic heterocycles. The molecule has 184 valence electrons. The van der Waals surface area contributed by atoms with Crippen molar-refractivity contribution in [1.82, 2.24) is 10.6 Å². The summed E-state index contributed by atoms with van der Waals surface area (Å²) < 4.78 is 5.57. The van der Waals surface area contributed by atoms with Crippen LogP contribution in [0.5, 0.6) is 0 Å². The molecule has 0 aromatic heterocycles. The maximum Gasteiger partial charge on any atom is 0.407 e. The second-order valence-electron chi connectivity index (χ2n) is 9.37. The summed E-state index contributed by atoms with van der Waals surface area (Å²) in [5.74, 6) is -1.63. The van der Waals surface area contributed by atoms with Crippen molar-refractivity contribution in [3.05, 3.63) is 59.7 Å². The molecule has 8 heteroatoms. The van der Waals surface area contributed by atoms with Crippen LogP contribution in [0.4, 0.5) is 4.79 Å². The summed E-state index contributed by atoms with van der Waals surface area (Å²) in [5, 5.41) is 23.2. The van der Waals surface area contributed by atoms with Crippen LogP contribution < -0.4 is 10.6 Å². The van der Waals surface area contributed by atoms with E-state index in [9.17, 15) is 14.4 Å². The number of nitriles is 1. The highest BCUT2D eigenvalue weighted by Gasteiger charge is 2.31. The molecule has 3 rings (SSSR count). The van der Waals surface area contributed by atoms with Gasteiger partial charge in [0.1, 0.15) is 12.6 Å². The van der Waals surface area contributed by atoms with Crippen molar-refractivity contribution >= 4 is 18.0 Å². The van der Waals surface area contributed by atoms with E-state index in [4.69, 9.17) is 15.1 Å². The molecule has 0 spiro atoms. The van der Waals surface area contributed by atoms with E-state index in [-0.39, 0.29) is 18.9 Å². The number of benzene rings is 2. The number of ether oxygens (including phenoxy) is 1. The Bertz CT molecular complexity index is 1080. The van der Waals surface area contributed by atoms with Crippen LogP contribution in [0.2, 0.25) is 0 Å². The Labute approximate surface area is 205 Å². The maximum absolute atomic E-state index is 12.9. The molecule has 8 nitrogen and oxygen atoms in total. The summed E-state index contributed by atoms with van der Waals surface area (Å²) in [5.41, 5.74) is 3.42. The van der Waals surface area contributed by atoms with Gasteiger partial charge in [0.15, 0.2) is 0 Å². The molecule has 0 saturated heterocycles. The number of nitrogens with zero attached hydrogens (tertiary/aromatic N) is 1. The van der Waals surface area contributed by atoms with E-state index in [0.29, 0.717) is 25.7 Å². The molecule has 1 unspecified atom stereocenters. The van der Waals surface area contributed by atoms with E-state index in [2.05, 4.69) is 28.8 Å². The molecule has 1 aliphatic carbocycles. The monoisotopic (exact) mass is 477 g/mol. The summed E-state index contributed by atoms with van der Waals surface area (Å²) in [6, 6.07) is 17.2. The van der Waals surface area contributed by atoms with E-state index in [1.165, 1.54) is 0 Å². The first-order valence-corrected chi connectivity index (χ1v) is 11.7. The standard InChI is InChI=1S/C27H31N3O5/c1-27(2,16-24(31)32)30-25(33)23(14-4-3-9-15-28)29-26(34)35-17-22-20-12-7-5-10-18(20)19-11-6-8-13-21(19)22/h5-8,10-13,22-23H,3-4,9,14,16-17H2,1-2H3,(H,29,34)(H,30,33)(H,31,32). The Morgan fingerprint density at radius 2 is 1.66 bits per heavy atom. The summed E-state index contributed by atoms with van der Waals surface area (Å²) in [6.45, 7) is 3.34. The number of rotatable bonds is 11. The lowest BCUT2D eigenvalue weighted by Crippen LogP contribution is -2.54. The topological polar surface area (TPSA) is 129 Å². The quantitative estimate of drug-likeness (QED) is 0.413. The van der Waals surface area contributed by atoms with Gasteiger partial charge in [0.25, 0.3) is 0 Å². The fourth-order valence-corrected chi connectivity index (χ4v) is 4.45. The summed E-state index contributed by atoms with van der Waals surface area (Å²) >= 11 is 0. The van der Waals surface area contributed by atoms with Gasteiger partial charge in [0.05, 0.1) is 12.5 Å². The molecule has 0 radical (unpaired) electrons. The summed E-state index contributed by atoms with van der Waals surface area (Å²) in [7, 11) is 0. The minimum absolute atomic E-state index is 0.106. The molecule has 1 atom stereocenters. The Morgan fingerprint density at radius 1 is 1.06 bits per heavy atom. The summed E-state index contributed by atoms with van der Waals surface area (Å²) in [4.78, 5) is 36.7. The lowest BCUT2D eigenvalue weighted by Gasteiger charge is -2.28. The number of alkyl carbamates (subject to hydrolysis) is 1. The fourth-order valence-electron chi connectivity index (χ4n) is 4.45. The number of unbranched alkanes of at least 4 members (excludes halogenated alkanes) is 2. The SMILES string of the molecule is CC(C)(CC(=O)O)NC(=O)C(CCCCC#N)NC(=O)OCC1c2ccccc2-c2ccccc21. The van der Waals surface area contributed by atoms with Crippen LogP contribution in [0.1, 0.15) is 63.0 Å². The van der Waals surface area contributed by atoms with Gasteiger partial charge in [0.2, 0.25) is 5.91 Å². The number of carbonyl (C=O) groups excluding carboxylic acids is 2. The number of hydrogen-bond donors (Lipinski definition) is 3. The highest BCUT2D eigenvalue weighted by molar-refractivity contribution is 5.86. The molecule has 0 saturated carbocycles. The molecule has 0 fully saturated rings. The lowest BCUT2D eigenvalue weighted by molar-refractivity contribution is -0.138. The second-order valence-corrected chi connectivity index (χ2v) is 9.37. The number of hydrogen-bond acceptors (Lipinski definition) is 5. The molecule has 3 N–H and O–H groups in total. The van der Waals surface area contributed by atoms with E-state index >= 15 is 0 Å². The zero-order valence-electron chi connectivity index (χ0n) is 20.0. The first kappa shape index (κ1) is 25.8. The third kappa shape index (κ3) is 6.82. The van der Waals surface area contributed by atoms with Crippen molar-refractivity contribution in [1.29, 1.82) is 5.26 Å². The van der Waals surface area contributed by atoms with Crippen LogP contribution in [-0.2, 0) is 14.3 Å². The molecule has 0 bridgehead atoms. The van der Waals surface area contributed by atoms with Gasteiger partial charge in [-0.15, -0.1) is 0 Å². The van der Waals surface area contributed by atoms with Gasteiger partial charge < -0.3 is 20.5 Å². The van der Waals surface area contributed by atoms with E-state index in [1.54, 1.807) is 13.8 Å². The van der Waals surface area contributed by atoms with E-state index in [0.717, 1.165) is 22.3 Å². The van der Waals surface area contributed by atoms with Crippen molar-refractivity contribution in [2.45, 2.75) is 63.5 Å². The highest BCUT2D eigenvalue weighted by atomic mass is 16.5. The van der Waals surface area contributed by atoms with Crippen molar-refractivity contribution in [3.8, 4) is 17.2 Å². The van der Waals surface area contributed by atoms with Crippen LogP contribution in [0.15, 0.2) is 48.5 Å². The fraction of sp³-hybridized carbons (Fsp3) is 0.407. The zero-order valence-corrected chi connectivity index (χ0v) is 20.0. The highest BCUT2D eigenvalue weighted by Crippen LogP contribution is 2.44. The van der Waals surface area contributed by atoms with Gasteiger partial charge in [-0.1, -0.05) is 48.5 Å². The predicted octanol–water partition coefficient (Wildman–Crippen LogP) is 4.35. The Kier molecular flexibility index (Phi) is 8.48. The number of carboxylic acids is 1. The van der Waals surface area contributed by atoms with Crippen LogP contribution >= 0.6 is 0 Å². The lowest BCUT2D eigenvalue weighted by atomic mass is 9.98. The maximum atomic E-state index is 12.9. The Balaban J connectivity index is 1.65. The van der Waals surface area contributed by atoms with Crippen molar-refractivity contribution in [2.24, 2.45) is 0 Å². The van der Waals surface area contributed by atoms with Crippen LogP contribution in [0, 0.1) is 11.3 Å². The number of nitrogens with one attached hydrogen (secondary N) is 2. The predicted molar refractivity (Wildman–Crippen MR) is 131 cm³/mol.